The number of pyridine rings is 1. The molecule has 206 valence electrons. The molecular formula is C42H33N. The maximum Gasteiger partial charge on any atom is 0.0794 e. The van der Waals surface area contributed by atoms with Crippen molar-refractivity contribution in [2.45, 2.75) is 25.7 Å². The van der Waals surface area contributed by atoms with E-state index in [1.165, 1.54) is 60.1 Å². The molecule has 1 aromatic heterocycles. The van der Waals surface area contributed by atoms with Gasteiger partial charge >= 0.3 is 0 Å². The lowest BCUT2D eigenvalue weighted by molar-refractivity contribution is 0.923. The first-order valence-electron chi connectivity index (χ1n) is 15.3. The number of fused-ring (bicyclic) bond motifs is 6. The van der Waals surface area contributed by atoms with Crippen molar-refractivity contribution < 1.29 is 0 Å². The first kappa shape index (κ1) is 25.7. The molecule has 1 aliphatic rings. The van der Waals surface area contributed by atoms with E-state index in [0.29, 0.717) is 17.8 Å². The molecule has 1 heteroatoms. The van der Waals surface area contributed by atoms with Crippen LogP contribution in [0.25, 0.3) is 54.5 Å². The molecule has 1 nitrogen and oxygen atoms in total. The average molecular weight is 552 g/mol. The molecular weight excluding hydrogens is 518 g/mol. The topological polar surface area (TPSA) is 12.9 Å². The highest BCUT2D eigenvalue weighted by Crippen LogP contribution is 2.63. The van der Waals surface area contributed by atoms with E-state index in [2.05, 4.69) is 159 Å². The second-order valence-corrected chi connectivity index (χ2v) is 11.9. The Labute approximate surface area is 252 Å². The van der Waals surface area contributed by atoms with Crippen LogP contribution in [0.5, 0.6) is 0 Å². The van der Waals surface area contributed by atoms with E-state index in [0.717, 1.165) is 11.0 Å². The van der Waals surface area contributed by atoms with Crippen molar-refractivity contribution in [2.24, 2.45) is 5.92 Å². The van der Waals surface area contributed by atoms with Gasteiger partial charge in [0.05, 0.1) is 11.0 Å². The molecule has 1 fully saturated rings. The van der Waals surface area contributed by atoms with E-state index < -0.39 is 0 Å². The normalized spacial score (nSPS) is 18.7. The van der Waals surface area contributed by atoms with Crippen LogP contribution in [-0.2, 0) is 0 Å². The predicted octanol–water partition coefficient (Wildman–Crippen LogP) is 11.4. The van der Waals surface area contributed by atoms with Crippen molar-refractivity contribution >= 4 is 43.4 Å². The van der Waals surface area contributed by atoms with E-state index in [1.54, 1.807) is 0 Å². The van der Waals surface area contributed by atoms with Gasteiger partial charge in [-0.15, -0.1) is 0 Å². The van der Waals surface area contributed by atoms with Crippen LogP contribution in [0.2, 0.25) is 0 Å². The summed E-state index contributed by atoms with van der Waals surface area (Å²) in [5.41, 5.74) is 8.94. The molecule has 8 rings (SSSR count). The molecule has 0 saturated heterocycles. The van der Waals surface area contributed by atoms with Crippen molar-refractivity contribution in [3.05, 3.63) is 162 Å². The van der Waals surface area contributed by atoms with Crippen LogP contribution >= 0.6 is 0 Å². The van der Waals surface area contributed by atoms with E-state index in [1.807, 2.05) is 0 Å². The van der Waals surface area contributed by atoms with Crippen molar-refractivity contribution in [1.82, 2.24) is 4.98 Å². The molecule has 0 N–H and O–H groups in total. The summed E-state index contributed by atoms with van der Waals surface area (Å²) in [6.45, 7) is 4.38. The van der Waals surface area contributed by atoms with Gasteiger partial charge in [0.15, 0.2) is 0 Å². The lowest BCUT2D eigenvalue weighted by atomic mass is 9.91. The SMILES string of the molecule is C/C=C\C=C(/C)C1C(c2ccccc2)C1c1cccc(-c2c3ccc4ccccc4c3nc3c2ccc2ccccc23)c1. The average Bonchev–Trinajstić information content (AvgIpc) is 3.83. The van der Waals surface area contributed by atoms with E-state index in [4.69, 9.17) is 4.98 Å². The monoisotopic (exact) mass is 551 g/mol. The number of allylic oxidation sites excluding steroid dienone is 4. The standard InChI is InChI=1S/C42H33N/c1-3-4-13-27(2)37-39(30-16-6-5-7-17-30)40(37)32-19-12-18-31(26-32)38-35-24-22-28-14-8-10-20-33(28)41(35)43-42-34-21-11-9-15-29(34)23-25-36(38)42/h3-26,37,39-40H,1-2H3/b4-3-,27-13+. The van der Waals surface area contributed by atoms with Crippen LogP contribution in [0.3, 0.4) is 0 Å². The number of benzene rings is 6. The molecule has 0 radical (unpaired) electrons. The Morgan fingerprint density at radius 1 is 0.581 bits per heavy atom. The molecule has 0 spiro atoms. The zero-order valence-corrected chi connectivity index (χ0v) is 24.5. The Morgan fingerprint density at radius 3 is 1.81 bits per heavy atom. The van der Waals surface area contributed by atoms with Gasteiger partial charge in [0.2, 0.25) is 0 Å². The second kappa shape index (κ2) is 10.4. The molecule has 43 heavy (non-hydrogen) atoms. The van der Waals surface area contributed by atoms with E-state index >= 15 is 0 Å². The number of hydrogen-bond donors (Lipinski definition) is 0. The van der Waals surface area contributed by atoms with Gasteiger partial charge in [0.1, 0.15) is 0 Å². The van der Waals surface area contributed by atoms with Gasteiger partial charge < -0.3 is 0 Å². The highest BCUT2D eigenvalue weighted by molar-refractivity contribution is 6.21. The van der Waals surface area contributed by atoms with Crippen molar-refractivity contribution in [2.75, 3.05) is 0 Å². The minimum atomic E-state index is 0.449. The van der Waals surface area contributed by atoms with Crippen molar-refractivity contribution in [1.29, 1.82) is 0 Å². The van der Waals surface area contributed by atoms with Gasteiger partial charge in [-0.25, -0.2) is 4.98 Å². The Hall–Kier alpha value is -5.01. The fraction of sp³-hybridized carbons (Fsp3) is 0.119. The van der Waals surface area contributed by atoms with Crippen LogP contribution < -0.4 is 0 Å². The van der Waals surface area contributed by atoms with Crippen LogP contribution in [0.1, 0.15) is 36.8 Å². The minimum Gasteiger partial charge on any atom is -0.246 e. The number of hydrogen-bond acceptors (Lipinski definition) is 1. The van der Waals surface area contributed by atoms with Gasteiger partial charge in [-0.3, -0.25) is 0 Å². The summed E-state index contributed by atoms with van der Waals surface area (Å²) < 4.78 is 0. The first-order chi connectivity index (χ1) is 21.2. The smallest absolute Gasteiger partial charge is 0.0794 e. The largest absolute Gasteiger partial charge is 0.246 e. The molecule has 7 aromatic rings. The summed E-state index contributed by atoms with van der Waals surface area (Å²) in [6, 6.07) is 46.7. The van der Waals surface area contributed by atoms with Gasteiger partial charge in [0.25, 0.3) is 0 Å². The summed E-state index contributed by atoms with van der Waals surface area (Å²) in [7, 11) is 0. The predicted molar refractivity (Wildman–Crippen MR) is 184 cm³/mol. The molecule has 1 aliphatic carbocycles. The molecule has 3 atom stereocenters. The minimum absolute atomic E-state index is 0.449. The third-order valence-corrected chi connectivity index (χ3v) is 9.41. The Bertz CT molecular complexity index is 2130. The Kier molecular flexibility index (Phi) is 6.19. The molecule has 1 saturated carbocycles. The summed E-state index contributed by atoms with van der Waals surface area (Å²) in [4.78, 5) is 5.39. The lowest BCUT2D eigenvalue weighted by Gasteiger charge is -2.15. The summed E-state index contributed by atoms with van der Waals surface area (Å²) in [5, 5.41) is 7.24. The number of aromatic nitrogens is 1. The van der Waals surface area contributed by atoms with Crippen LogP contribution in [0, 0.1) is 5.92 Å². The van der Waals surface area contributed by atoms with Crippen LogP contribution in [-0.4, -0.2) is 4.98 Å². The molecule has 0 aliphatic heterocycles. The summed E-state index contributed by atoms with van der Waals surface area (Å²) in [6.07, 6.45) is 6.59. The van der Waals surface area contributed by atoms with Crippen LogP contribution in [0.15, 0.2) is 151 Å². The molecule has 1 heterocycles. The van der Waals surface area contributed by atoms with Gasteiger partial charge in [-0.2, -0.15) is 0 Å². The second-order valence-electron chi connectivity index (χ2n) is 11.9. The molecule has 3 unspecified atom stereocenters. The lowest BCUT2D eigenvalue weighted by Crippen LogP contribution is -1.93. The zero-order chi connectivity index (χ0) is 28.9. The van der Waals surface area contributed by atoms with Gasteiger partial charge in [-0.1, -0.05) is 151 Å². The molecule has 0 bridgehead atoms. The quantitative estimate of drug-likeness (QED) is 0.118. The third kappa shape index (κ3) is 4.27. The number of rotatable bonds is 5. The molecule has 6 aromatic carbocycles. The fourth-order valence-electron chi connectivity index (χ4n) is 7.37. The van der Waals surface area contributed by atoms with Crippen LogP contribution in [0.4, 0.5) is 0 Å². The number of nitrogens with zero attached hydrogens (tertiary/aromatic N) is 1. The third-order valence-electron chi connectivity index (χ3n) is 9.41. The Morgan fingerprint density at radius 2 is 1.16 bits per heavy atom. The highest BCUT2D eigenvalue weighted by Gasteiger charge is 2.52. The maximum atomic E-state index is 5.39. The van der Waals surface area contributed by atoms with Crippen molar-refractivity contribution in [3.63, 3.8) is 0 Å². The fourth-order valence-corrected chi connectivity index (χ4v) is 7.37. The summed E-state index contributed by atoms with van der Waals surface area (Å²) >= 11 is 0. The molecule has 0 amide bonds. The Balaban J connectivity index is 1.37. The summed E-state index contributed by atoms with van der Waals surface area (Å²) in [5.74, 6) is 1.43. The maximum absolute atomic E-state index is 5.39. The van der Waals surface area contributed by atoms with Gasteiger partial charge in [0, 0.05) is 27.1 Å². The highest BCUT2D eigenvalue weighted by atomic mass is 14.7. The van der Waals surface area contributed by atoms with E-state index in [-0.39, 0.29) is 0 Å². The van der Waals surface area contributed by atoms with Crippen molar-refractivity contribution in [3.8, 4) is 11.1 Å². The first-order valence-corrected chi connectivity index (χ1v) is 15.3. The van der Waals surface area contributed by atoms with Gasteiger partial charge in [-0.05, 0) is 59.1 Å². The zero-order valence-electron chi connectivity index (χ0n) is 24.5. The van der Waals surface area contributed by atoms with E-state index in [9.17, 15) is 0 Å².